The Labute approximate surface area is 111 Å². The van der Waals surface area contributed by atoms with Crippen LogP contribution in [0.15, 0.2) is 18.6 Å². The summed E-state index contributed by atoms with van der Waals surface area (Å²) in [6.45, 7) is 4.30. The summed E-state index contributed by atoms with van der Waals surface area (Å²) in [5.41, 5.74) is 0.297. The number of carbonyl (C=O) groups is 1. The van der Waals surface area contributed by atoms with E-state index in [9.17, 15) is 9.18 Å². The Morgan fingerprint density at radius 1 is 1.58 bits per heavy atom. The monoisotopic (exact) mass is 267 g/mol. The summed E-state index contributed by atoms with van der Waals surface area (Å²) in [5.74, 6) is -0.256. The van der Waals surface area contributed by atoms with E-state index in [1.165, 1.54) is 23.5 Å². The molecule has 104 valence electrons. The third kappa shape index (κ3) is 3.47. The molecule has 19 heavy (non-hydrogen) atoms. The predicted octanol–water partition coefficient (Wildman–Crippen LogP) is 1.45. The number of carbonyl (C=O) groups excluding carboxylic acids is 1. The minimum absolute atomic E-state index is 0.00707. The second-order valence-corrected chi connectivity index (χ2v) is 4.87. The summed E-state index contributed by atoms with van der Waals surface area (Å²) in [6, 6.07) is 1.53. The van der Waals surface area contributed by atoms with Crippen LogP contribution in [0.3, 0.4) is 0 Å². The third-order valence-electron chi connectivity index (χ3n) is 3.02. The summed E-state index contributed by atoms with van der Waals surface area (Å²) in [4.78, 5) is 21.2. The molecule has 1 aromatic rings. The number of aromatic nitrogens is 2. The van der Waals surface area contributed by atoms with Crippen LogP contribution in [0, 0.1) is 0 Å². The van der Waals surface area contributed by atoms with Crippen molar-refractivity contribution in [3.8, 4) is 0 Å². The number of likely N-dealkylation sites (tertiary alicyclic amines) is 1. The highest BCUT2D eigenvalue weighted by atomic mass is 19.1. The van der Waals surface area contributed by atoms with Gasteiger partial charge in [-0.05, 0) is 26.3 Å². The van der Waals surface area contributed by atoms with Crippen LogP contribution in [-0.4, -0.2) is 52.2 Å². The van der Waals surface area contributed by atoms with Crippen LogP contribution in [-0.2, 0) is 4.74 Å². The van der Waals surface area contributed by atoms with Gasteiger partial charge in [0.1, 0.15) is 18.2 Å². The van der Waals surface area contributed by atoms with Crippen LogP contribution in [0.2, 0.25) is 0 Å². The molecule has 1 aliphatic rings. The summed E-state index contributed by atoms with van der Waals surface area (Å²) in [6.07, 6.45) is 1.75. The first kappa shape index (κ1) is 13.9. The average molecular weight is 267 g/mol. The molecule has 0 aromatic carbocycles. The van der Waals surface area contributed by atoms with Crippen molar-refractivity contribution in [1.82, 2.24) is 14.9 Å². The fourth-order valence-electron chi connectivity index (χ4n) is 2.15. The van der Waals surface area contributed by atoms with E-state index in [0.29, 0.717) is 18.7 Å². The van der Waals surface area contributed by atoms with Gasteiger partial charge in [-0.2, -0.15) is 0 Å². The van der Waals surface area contributed by atoms with Gasteiger partial charge >= 0.3 is 0 Å². The standard InChI is InChI=1S/C13H18FN3O2/c1-9(2)19-12-4-6-17(7-10(12)14)13(18)11-3-5-15-8-16-11/h3,5,8-10,12H,4,6-7H2,1-2H3/t10-,12+/m1/s1. The fourth-order valence-corrected chi connectivity index (χ4v) is 2.15. The highest BCUT2D eigenvalue weighted by molar-refractivity contribution is 5.92. The van der Waals surface area contributed by atoms with Gasteiger partial charge in [-0.15, -0.1) is 0 Å². The number of nitrogens with zero attached hydrogens (tertiary/aromatic N) is 3. The minimum atomic E-state index is -1.15. The van der Waals surface area contributed by atoms with E-state index >= 15 is 0 Å². The number of piperidine rings is 1. The second kappa shape index (κ2) is 6.06. The topological polar surface area (TPSA) is 55.3 Å². The van der Waals surface area contributed by atoms with E-state index in [1.807, 2.05) is 13.8 Å². The zero-order valence-electron chi connectivity index (χ0n) is 11.1. The highest BCUT2D eigenvalue weighted by Crippen LogP contribution is 2.20. The average Bonchev–Trinajstić information content (AvgIpc) is 2.41. The molecule has 2 heterocycles. The molecule has 1 saturated heterocycles. The molecule has 5 nitrogen and oxygen atoms in total. The van der Waals surface area contributed by atoms with Gasteiger partial charge in [-0.1, -0.05) is 0 Å². The van der Waals surface area contributed by atoms with Crippen molar-refractivity contribution in [2.75, 3.05) is 13.1 Å². The Morgan fingerprint density at radius 2 is 2.37 bits per heavy atom. The largest absolute Gasteiger partial charge is 0.372 e. The molecule has 1 amide bonds. The van der Waals surface area contributed by atoms with Gasteiger partial charge < -0.3 is 9.64 Å². The van der Waals surface area contributed by atoms with Crippen molar-refractivity contribution in [2.24, 2.45) is 0 Å². The quantitative estimate of drug-likeness (QED) is 0.832. The first-order valence-electron chi connectivity index (χ1n) is 6.42. The van der Waals surface area contributed by atoms with E-state index in [2.05, 4.69) is 9.97 Å². The second-order valence-electron chi connectivity index (χ2n) is 4.87. The maximum absolute atomic E-state index is 14.0. The smallest absolute Gasteiger partial charge is 0.272 e. The van der Waals surface area contributed by atoms with Crippen molar-refractivity contribution in [2.45, 2.75) is 38.6 Å². The van der Waals surface area contributed by atoms with Crippen molar-refractivity contribution in [3.05, 3.63) is 24.3 Å². The Bertz CT molecular complexity index is 427. The van der Waals surface area contributed by atoms with Crippen LogP contribution in [0.25, 0.3) is 0 Å². The van der Waals surface area contributed by atoms with E-state index in [0.717, 1.165) is 0 Å². The number of ether oxygens (including phenoxy) is 1. The molecule has 0 radical (unpaired) electrons. The molecular formula is C13H18FN3O2. The molecule has 0 bridgehead atoms. The number of hydrogen-bond donors (Lipinski definition) is 0. The zero-order chi connectivity index (χ0) is 13.8. The Balaban J connectivity index is 1.96. The van der Waals surface area contributed by atoms with E-state index < -0.39 is 12.3 Å². The van der Waals surface area contributed by atoms with Gasteiger partial charge in [0.15, 0.2) is 0 Å². The van der Waals surface area contributed by atoms with Crippen molar-refractivity contribution < 1.29 is 13.9 Å². The van der Waals surface area contributed by atoms with Crippen LogP contribution in [0.1, 0.15) is 30.8 Å². The number of halogens is 1. The number of hydrogen-bond acceptors (Lipinski definition) is 4. The Morgan fingerprint density at radius 3 is 2.95 bits per heavy atom. The van der Waals surface area contributed by atoms with Crippen molar-refractivity contribution in [1.29, 1.82) is 0 Å². The summed E-state index contributed by atoms with van der Waals surface area (Å²) < 4.78 is 19.5. The van der Waals surface area contributed by atoms with Gasteiger partial charge in [0.25, 0.3) is 5.91 Å². The van der Waals surface area contributed by atoms with Gasteiger partial charge in [0.05, 0.1) is 18.8 Å². The minimum Gasteiger partial charge on any atom is -0.372 e. The van der Waals surface area contributed by atoms with Gasteiger partial charge in [-0.25, -0.2) is 14.4 Å². The third-order valence-corrected chi connectivity index (χ3v) is 3.02. The maximum Gasteiger partial charge on any atom is 0.272 e. The lowest BCUT2D eigenvalue weighted by molar-refractivity contribution is -0.0666. The lowest BCUT2D eigenvalue weighted by Gasteiger charge is -2.35. The van der Waals surface area contributed by atoms with Gasteiger partial charge in [0, 0.05) is 12.7 Å². The summed E-state index contributed by atoms with van der Waals surface area (Å²) in [5, 5.41) is 0. The van der Waals surface area contributed by atoms with Crippen LogP contribution >= 0.6 is 0 Å². The predicted molar refractivity (Wildman–Crippen MR) is 67.5 cm³/mol. The molecule has 0 saturated carbocycles. The van der Waals surface area contributed by atoms with Crippen molar-refractivity contribution >= 4 is 5.91 Å². The molecule has 1 fully saturated rings. The normalized spacial score (nSPS) is 23.7. The van der Waals surface area contributed by atoms with Crippen LogP contribution < -0.4 is 0 Å². The van der Waals surface area contributed by atoms with Crippen molar-refractivity contribution in [3.63, 3.8) is 0 Å². The molecule has 1 aliphatic heterocycles. The summed E-state index contributed by atoms with van der Waals surface area (Å²) in [7, 11) is 0. The summed E-state index contributed by atoms with van der Waals surface area (Å²) >= 11 is 0. The highest BCUT2D eigenvalue weighted by Gasteiger charge is 2.33. The molecule has 2 rings (SSSR count). The number of alkyl halides is 1. The number of amides is 1. The van der Waals surface area contributed by atoms with E-state index in [-0.39, 0.29) is 18.6 Å². The molecule has 0 unspecified atom stereocenters. The van der Waals surface area contributed by atoms with E-state index in [1.54, 1.807) is 0 Å². The zero-order valence-corrected chi connectivity index (χ0v) is 11.1. The van der Waals surface area contributed by atoms with Crippen LogP contribution in [0.4, 0.5) is 4.39 Å². The molecule has 0 N–H and O–H groups in total. The number of rotatable bonds is 3. The molecule has 2 atom stereocenters. The van der Waals surface area contributed by atoms with E-state index in [4.69, 9.17) is 4.74 Å². The fraction of sp³-hybridized carbons (Fsp3) is 0.615. The Hall–Kier alpha value is -1.56. The molecular weight excluding hydrogens is 249 g/mol. The Kier molecular flexibility index (Phi) is 4.42. The SMILES string of the molecule is CC(C)O[C@H]1CCN(C(=O)c2ccncn2)C[C@H]1F. The molecule has 0 spiro atoms. The van der Waals surface area contributed by atoms with Crippen LogP contribution in [0.5, 0.6) is 0 Å². The first-order valence-corrected chi connectivity index (χ1v) is 6.42. The molecule has 1 aromatic heterocycles. The lowest BCUT2D eigenvalue weighted by Crippen LogP contribution is -2.48. The molecule has 0 aliphatic carbocycles. The first-order chi connectivity index (χ1) is 9.08. The maximum atomic E-state index is 14.0. The van der Waals surface area contributed by atoms with Gasteiger partial charge in [0.2, 0.25) is 0 Å². The van der Waals surface area contributed by atoms with Gasteiger partial charge in [-0.3, -0.25) is 4.79 Å². The molecule has 6 heteroatoms. The lowest BCUT2D eigenvalue weighted by atomic mass is 10.1.